The van der Waals surface area contributed by atoms with E-state index in [1.54, 1.807) is 7.11 Å². The van der Waals surface area contributed by atoms with Crippen molar-refractivity contribution in [1.29, 1.82) is 0 Å². The summed E-state index contributed by atoms with van der Waals surface area (Å²) in [7, 11) is 1.77. The molecule has 3 rings (SSSR count). The van der Waals surface area contributed by atoms with E-state index in [-0.39, 0.29) is 0 Å². The van der Waals surface area contributed by atoms with E-state index in [9.17, 15) is 0 Å². The zero-order valence-corrected chi connectivity index (χ0v) is 12.7. The average Bonchev–Trinajstić information content (AvgIpc) is 2.86. The molecule has 2 aromatic heterocycles. The molecule has 0 spiro atoms. The van der Waals surface area contributed by atoms with Crippen molar-refractivity contribution in [1.82, 2.24) is 19.7 Å². The van der Waals surface area contributed by atoms with Crippen molar-refractivity contribution in [2.24, 2.45) is 0 Å². The number of ether oxygens (including phenoxy) is 1. The summed E-state index contributed by atoms with van der Waals surface area (Å²) in [4.78, 5) is 6.99. The number of methoxy groups -OCH3 is 1. The molecule has 21 heavy (non-hydrogen) atoms. The maximum absolute atomic E-state index is 5.42. The number of rotatable bonds is 4. The minimum absolute atomic E-state index is 0.401. The normalized spacial score (nSPS) is 19.2. The summed E-state index contributed by atoms with van der Waals surface area (Å²) in [6, 6.07) is 6.62. The molecule has 3 heterocycles. The quantitative estimate of drug-likeness (QED) is 0.862. The van der Waals surface area contributed by atoms with Crippen LogP contribution in [0.2, 0.25) is 0 Å². The van der Waals surface area contributed by atoms with Crippen LogP contribution >= 0.6 is 0 Å². The van der Waals surface area contributed by atoms with Crippen LogP contribution in [-0.2, 0) is 24.4 Å². The Balaban J connectivity index is 1.83. The van der Waals surface area contributed by atoms with Gasteiger partial charge >= 0.3 is 0 Å². The first-order chi connectivity index (χ1) is 10.3. The fraction of sp³-hybridized carbons (Fsp3) is 0.500. The molecule has 1 aliphatic rings. The summed E-state index contributed by atoms with van der Waals surface area (Å²) < 4.78 is 7.52. The van der Waals surface area contributed by atoms with Crippen LogP contribution in [0.15, 0.2) is 30.6 Å². The van der Waals surface area contributed by atoms with Crippen LogP contribution in [0.25, 0.3) is 0 Å². The molecule has 112 valence electrons. The molecule has 0 fully saturated rings. The smallest absolute Gasteiger partial charge is 0.0619 e. The van der Waals surface area contributed by atoms with Crippen molar-refractivity contribution >= 4 is 0 Å². The molecule has 0 aromatic carbocycles. The fourth-order valence-corrected chi connectivity index (χ4v) is 2.93. The average molecular weight is 286 g/mol. The minimum atomic E-state index is 0.401. The van der Waals surface area contributed by atoms with Gasteiger partial charge < -0.3 is 4.74 Å². The molecule has 0 saturated carbocycles. The number of nitrogens with zero attached hydrogens (tertiary/aromatic N) is 4. The summed E-state index contributed by atoms with van der Waals surface area (Å²) in [5, 5.41) is 4.40. The van der Waals surface area contributed by atoms with Crippen LogP contribution in [0.3, 0.4) is 0 Å². The summed E-state index contributed by atoms with van der Waals surface area (Å²) in [5.41, 5.74) is 3.65. The number of aromatic nitrogens is 3. The van der Waals surface area contributed by atoms with Gasteiger partial charge in [0.2, 0.25) is 0 Å². The van der Waals surface area contributed by atoms with Gasteiger partial charge in [-0.15, -0.1) is 0 Å². The van der Waals surface area contributed by atoms with Crippen molar-refractivity contribution in [3.63, 3.8) is 0 Å². The van der Waals surface area contributed by atoms with Crippen LogP contribution < -0.4 is 0 Å². The number of fused-ring (bicyclic) bond motifs is 1. The van der Waals surface area contributed by atoms with Gasteiger partial charge in [0, 0.05) is 45.2 Å². The molecular formula is C16H22N4O. The first kappa shape index (κ1) is 14.2. The zero-order valence-electron chi connectivity index (χ0n) is 12.7. The molecular weight excluding hydrogens is 264 g/mol. The van der Waals surface area contributed by atoms with E-state index in [1.165, 1.54) is 11.3 Å². The maximum atomic E-state index is 5.42. The zero-order chi connectivity index (χ0) is 14.7. The van der Waals surface area contributed by atoms with Gasteiger partial charge in [0.25, 0.3) is 0 Å². The first-order valence-corrected chi connectivity index (χ1v) is 7.42. The number of aryl methyl sites for hydroxylation is 2. The van der Waals surface area contributed by atoms with Crippen molar-refractivity contribution in [3.8, 4) is 0 Å². The van der Waals surface area contributed by atoms with Gasteiger partial charge in [0.1, 0.15) is 0 Å². The number of hydrogen-bond acceptors (Lipinski definition) is 4. The molecule has 1 aliphatic heterocycles. The summed E-state index contributed by atoms with van der Waals surface area (Å²) in [5.74, 6) is 0. The van der Waals surface area contributed by atoms with Crippen molar-refractivity contribution in [3.05, 3.63) is 47.5 Å². The Bertz CT molecular complexity index is 595. The molecule has 0 saturated heterocycles. The predicted octanol–water partition coefficient (Wildman–Crippen LogP) is 2.01. The Kier molecular flexibility index (Phi) is 4.31. The standard InChI is InChI=1S/C16H22N4O/c1-13-4-3-7-17-16(13)11-19-10-14-5-8-18-20(14)9-6-15(19)12-21-2/h3-5,7-8,15H,6,9-12H2,1-2H3. The monoisotopic (exact) mass is 286 g/mol. The highest BCUT2D eigenvalue weighted by Crippen LogP contribution is 2.20. The molecule has 5 nitrogen and oxygen atoms in total. The Morgan fingerprint density at radius 1 is 1.33 bits per heavy atom. The van der Waals surface area contributed by atoms with E-state index < -0.39 is 0 Å². The Labute approximate surface area is 125 Å². The molecule has 1 atom stereocenters. The van der Waals surface area contributed by atoms with Crippen LogP contribution in [0.5, 0.6) is 0 Å². The van der Waals surface area contributed by atoms with Gasteiger partial charge in [0.15, 0.2) is 0 Å². The molecule has 1 unspecified atom stereocenters. The molecule has 0 amide bonds. The second-order valence-corrected chi connectivity index (χ2v) is 5.62. The van der Waals surface area contributed by atoms with Gasteiger partial charge in [-0.25, -0.2) is 0 Å². The lowest BCUT2D eigenvalue weighted by atomic mass is 10.1. The van der Waals surface area contributed by atoms with E-state index >= 15 is 0 Å². The Morgan fingerprint density at radius 3 is 3.05 bits per heavy atom. The van der Waals surface area contributed by atoms with Gasteiger partial charge in [-0.2, -0.15) is 5.10 Å². The fourth-order valence-electron chi connectivity index (χ4n) is 2.93. The molecule has 0 N–H and O–H groups in total. The summed E-state index contributed by atoms with van der Waals surface area (Å²) in [6.45, 7) is 5.57. The van der Waals surface area contributed by atoms with Crippen LogP contribution in [0.4, 0.5) is 0 Å². The van der Waals surface area contributed by atoms with Gasteiger partial charge in [-0.3, -0.25) is 14.6 Å². The van der Waals surface area contributed by atoms with Crippen molar-refractivity contribution < 1.29 is 4.74 Å². The number of pyridine rings is 1. The summed E-state index contributed by atoms with van der Waals surface area (Å²) in [6.07, 6.45) is 4.81. The van der Waals surface area contributed by atoms with Gasteiger partial charge in [0.05, 0.1) is 18.0 Å². The predicted molar refractivity (Wildman–Crippen MR) is 80.7 cm³/mol. The number of hydrogen-bond donors (Lipinski definition) is 0. The molecule has 5 heteroatoms. The van der Waals surface area contributed by atoms with Crippen LogP contribution in [-0.4, -0.2) is 39.4 Å². The molecule has 0 aliphatic carbocycles. The Hall–Kier alpha value is -1.72. The van der Waals surface area contributed by atoms with Crippen molar-refractivity contribution in [2.45, 2.75) is 39.0 Å². The van der Waals surface area contributed by atoms with E-state index in [4.69, 9.17) is 4.74 Å². The van der Waals surface area contributed by atoms with Crippen molar-refractivity contribution in [2.75, 3.05) is 13.7 Å². The van der Waals surface area contributed by atoms with E-state index in [0.29, 0.717) is 6.04 Å². The van der Waals surface area contributed by atoms with Crippen LogP contribution in [0.1, 0.15) is 23.4 Å². The largest absolute Gasteiger partial charge is 0.383 e. The topological polar surface area (TPSA) is 43.2 Å². The van der Waals surface area contributed by atoms with Gasteiger partial charge in [-0.05, 0) is 31.0 Å². The molecule has 2 aromatic rings. The third-order valence-corrected chi connectivity index (χ3v) is 4.19. The highest BCUT2D eigenvalue weighted by Gasteiger charge is 2.24. The van der Waals surface area contributed by atoms with E-state index in [2.05, 4.69) is 38.7 Å². The first-order valence-electron chi connectivity index (χ1n) is 7.42. The van der Waals surface area contributed by atoms with Gasteiger partial charge in [-0.1, -0.05) is 6.07 Å². The third kappa shape index (κ3) is 3.14. The highest BCUT2D eigenvalue weighted by atomic mass is 16.5. The second kappa shape index (κ2) is 6.37. The lowest BCUT2D eigenvalue weighted by Gasteiger charge is -2.29. The lowest BCUT2D eigenvalue weighted by molar-refractivity contribution is 0.0771. The summed E-state index contributed by atoms with van der Waals surface area (Å²) >= 11 is 0. The highest BCUT2D eigenvalue weighted by molar-refractivity contribution is 5.18. The second-order valence-electron chi connectivity index (χ2n) is 5.62. The van der Waals surface area contributed by atoms with E-state index in [1.807, 2.05) is 18.5 Å². The SMILES string of the molecule is COCC1CCn2nccc2CN1Cc1ncccc1C. The van der Waals surface area contributed by atoms with E-state index in [0.717, 1.165) is 38.4 Å². The maximum Gasteiger partial charge on any atom is 0.0619 e. The molecule has 0 radical (unpaired) electrons. The van der Waals surface area contributed by atoms with Crippen LogP contribution in [0, 0.1) is 6.92 Å². The minimum Gasteiger partial charge on any atom is -0.383 e. The Morgan fingerprint density at radius 2 is 2.24 bits per heavy atom. The lowest BCUT2D eigenvalue weighted by Crippen LogP contribution is -2.37. The molecule has 0 bridgehead atoms. The third-order valence-electron chi connectivity index (χ3n) is 4.19.